The number of carbonyl (C=O) groups is 1. The minimum Gasteiger partial charge on any atom is -0.373 e. The van der Waals surface area contributed by atoms with Gasteiger partial charge in [0.25, 0.3) is 0 Å². The van der Waals surface area contributed by atoms with E-state index in [0.717, 1.165) is 25.0 Å². The second-order valence-corrected chi connectivity index (χ2v) is 4.87. The summed E-state index contributed by atoms with van der Waals surface area (Å²) in [7, 11) is 0. The van der Waals surface area contributed by atoms with E-state index in [1.54, 1.807) is 0 Å². The van der Waals surface area contributed by atoms with E-state index in [-0.39, 0.29) is 12.2 Å². The Hall–Kier alpha value is -1.29. The quantitative estimate of drug-likeness (QED) is 0.466. The summed E-state index contributed by atoms with van der Waals surface area (Å²) in [5.41, 5.74) is -0.116. The minimum atomic E-state index is -0.835. The first-order valence-electron chi connectivity index (χ1n) is 7.21. The van der Waals surface area contributed by atoms with Crippen molar-refractivity contribution in [2.75, 3.05) is 13.2 Å². The Morgan fingerprint density at radius 2 is 1.80 bits per heavy atom. The van der Waals surface area contributed by atoms with Gasteiger partial charge in [-0.2, -0.15) is 0 Å². The number of ether oxygens (including phenoxy) is 1. The van der Waals surface area contributed by atoms with Gasteiger partial charge in [0.1, 0.15) is 18.2 Å². The fourth-order valence-corrected chi connectivity index (χ4v) is 1.94. The Balaban J connectivity index is 2.17. The molecule has 0 heterocycles. The normalized spacial score (nSPS) is 10.8. The summed E-state index contributed by atoms with van der Waals surface area (Å²) in [4.78, 5) is 11.7. The summed E-state index contributed by atoms with van der Waals surface area (Å²) in [6.07, 6.45) is 6.87. The van der Waals surface area contributed by atoms with E-state index in [2.05, 4.69) is 6.92 Å². The molecule has 0 N–H and O–H groups in total. The molecule has 0 saturated carbocycles. The van der Waals surface area contributed by atoms with Gasteiger partial charge in [0, 0.05) is 12.7 Å². The largest absolute Gasteiger partial charge is 0.373 e. The molecular weight excluding hydrogens is 262 g/mol. The third-order valence-electron chi connectivity index (χ3n) is 3.11. The monoisotopic (exact) mass is 284 g/mol. The van der Waals surface area contributed by atoms with Crippen LogP contribution in [0.1, 0.15) is 55.8 Å². The fourth-order valence-electron chi connectivity index (χ4n) is 1.94. The molecule has 0 amide bonds. The second-order valence-electron chi connectivity index (χ2n) is 4.87. The molecule has 0 aliphatic rings. The molecule has 1 aromatic carbocycles. The van der Waals surface area contributed by atoms with Crippen molar-refractivity contribution in [1.82, 2.24) is 0 Å². The zero-order chi connectivity index (χ0) is 14.8. The van der Waals surface area contributed by atoms with E-state index in [1.807, 2.05) is 0 Å². The molecule has 0 saturated heterocycles. The van der Waals surface area contributed by atoms with Crippen LogP contribution in [0.5, 0.6) is 0 Å². The first kappa shape index (κ1) is 16.8. The van der Waals surface area contributed by atoms with Gasteiger partial charge in [-0.15, -0.1) is 0 Å². The number of Topliss-reactive ketones (excluding diaryl/α,β-unsaturated/α-hetero) is 1. The first-order valence-corrected chi connectivity index (χ1v) is 7.21. The van der Waals surface area contributed by atoms with Crippen molar-refractivity contribution in [2.45, 2.75) is 45.4 Å². The second kappa shape index (κ2) is 9.59. The number of carbonyl (C=O) groups excluding carboxylic acids is 1. The molecule has 1 rings (SSSR count). The SMILES string of the molecule is CCCCCCCCOCC(=O)c1ccc(F)cc1F. The summed E-state index contributed by atoms with van der Waals surface area (Å²) in [5.74, 6) is -1.97. The molecule has 1 aromatic rings. The highest BCUT2D eigenvalue weighted by atomic mass is 19.1. The number of rotatable bonds is 10. The van der Waals surface area contributed by atoms with Crippen LogP contribution in [0, 0.1) is 11.6 Å². The molecule has 0 bridgehead atoms. The Kier molecular flexibility index (Phi) is 8.04. The van der Waals surface area contributed by atoms with E-state index < -0.39 is 17.4 Å². The Morgan fingerprint density at radius 1 is 1.10 bits per heavy atom. The third kappa shape index (κ3) is 6.24. The van der Waals surface area contributed by atoms with Crippen LogP contribution >= 0.6 is 0 Å². The molecular formula is C16H22F2O2. The van der Waals surface area contributed by atoms with Crippen LogP contribution in [-0.2, 0) is 4.74 Å². The maximum absolute atomic E-state index is 13.3. The molecule has 0 unspecified atom stereocenters. The van der Waals surface area contributed by atoms with Crippen molar-refractivity contribution in [3.63, 3.8) is 0 Å². The number of benzene rings is 1. The van der Waals surface area contributed by atoms with Gasteiger partial charge in [0.15, 0.2) is 5.78 Å². The van der Waals surface area contributed by atoms with Crippen LogP contribution in [0.4, 0.5) is 8.78 Å². The average molecular weight is 284 g/mol. The molecule has 0 spiro atoms. The van der Waals surface area contributed by atoms with E-state index in [9.17, 15) is 13.6 Å². The highest BCUT2D eigenvalue weighted by Gasteiger charge is 2.12. The van der Waals surface area contributed by atoms with E-state index in [0.29, 0.717) is 12.7 Å². The highest BCUT2D eigenvalue weighted by Crippen LogP contribution is 2.10. The zero-order valence-electron chi connectivity index (χ0n) is 12.0. The Labute approximate surface area is 119 Å². The van der Waals surface area contributed by atoms with Crippen molar-refractivity contribution >= 4 is 5.78 Å². The van der Waals surface area contributed by atoms with Gasteiger partial charge in [-0.3, -0.25) is 4.79 Å². The topological polar surface area (TPSA) is 26.3 Å². The van der Waals surface area contributed by atoms with Gasteiger partial charge in [-0.1, -0.05) is 39.0 Å². The Bertz CT molecular complexity index is 419. The van der Waals surface area contributed by atoms with Crippen molar-refractivity contribution in [2.24, 2.45) is 0 Å². The molecule has 0 aliphatic carbocycles. The first-order chi connectivity index (χ1) is 9.65. The van der Waals surface area contributed by atoms with Crippen molar-refractivity contribution in [1.29, 1.82) is 0 Å². The van der Waals surface area contributed by atoms with Crippen LogP contribution in [0.3, 0.4) is 0 Å². The molecule has 2 nitrogen and oxygen atoms in total. The van der Waals surface area contributed by atoms with Crippen LogP contribution in [0.25, 0.3) is 0 Å². The van der Waals surface area contributed by atoms with Gasteiger partial charge < -0.3 is 4.74 Å². The van der Waals surface area contributed by atoms with E-state index >= 15 is 0 Å². The summed E-state index contributed by atoms with van der Waals surface area (Å²) in [5, 5.41) is 0. The van der Waals surface area contributed by atoms with Crippen LogP contribution < -0.4 is 0 Å². The number of halogens is 2. The maximum atomic E-state index is 13.3. The van der Waals surface area contributed by atoms with Crippen LogP contribution in [0.2, 0.25) is 0 Å². The average Bonchev–Trinajstić information content (AvgIpc) is 2.41. The van der Waals surface area contributed by atoms with Crippen molar-refractivity contribution in [3.8, 4) is 0 Å². The summed E-state index contributed by atoms with van der Waals surface area (Å²) < 4.78 is 31.3. The zero-order valence-corrected chi connectivity index (χ0v) is 12.0. The van der Waals surface area contributed by atoms with Gasteiger partial charge in [0.2, 0.25) is 0 Å². The van der Waals surface area contributed by atoms with Gasteiger partial charge in [-0.05, 0) is 18.6 Å². The number of ketones is 1. The molecule has 112 valence electrons. The lowest BCUT2D eigenvalue weighted by Crippen LogP contribution is -2.11. The van der Waals surface area contributed by atoms with E-state index in [4.69, 9.17) is 4.74 Å². The molecule has 0 fully saturated rings. The molecule has 0 atom stereocenters. The number of hydrogen-bond acceptors (Lipinski definition) is 2. The standard InChI is InChI=1S/C16H22F2O2/c1-2-3-4-5-6-7-10-20-12-16(19)14-9-8-13(17)11-15(14)18/h8-9,11H,2-7,10,12H2,1H3. The van der Waals surface area contributed by atoms with Gasteiger partial charge in [0.05, 0.1) is 5.56 Å². The minimum absolute atomic E-state index is 0.116. The smallest absolute Gasteiger partial charge is 0.191 e. The Morgan fingerprint density at radius 3 is 2.50 bits per heavy atom. The maximum Gasteiger partial charge on any atom is 0.191 e. The summed E-state index contributed by atoms with van der Waals surface area (Å²) in [6.45, 7) is 2.52. The number of hydrogen-bond donors (Lipinski definition) is 0. The fraction of sp³-hybridized carbons (Fsp3) is 0.562. The lowest BCUT2D eigenvalue weighted by Gasteiger charge is -2.05. The molecule has 4 heteroatoms. The van der Waals surface area contributed by atoms with Gasteiger partial charge in [-0.25, -0.2) is 8.78 Å². The van der Waals surface area contributed by atoms with Gasteiger partial charge >= 0.3 is 0 Å². The van der Waals surface area contributed by atoms with Crippen molar-refractivity contribution < 1.29 is 18.3 Å². The van der Waals surface area contributed by atoms with Crippen molar-refractivity contribution in [3.05, 3.63) is 35.4 Å². The highest BCUT2D eigenvalue weighted by molar-refractivity contribution is 5.97. The van der Waals surface area contributed by atoms with Crippen LogP contribution in [-0.4, -0.2) is 19.0 Å². The molecule has 0 radical (unpaired) electrons. The number of unbranched alkanes of at least 4 members (excludes halogenated alkanes) is 5. The lowest BCUT2D eigenvalue weighted by molar-refractivity contribution is 0.0748. The summed E-state index contributed by atoms with van der Waals surface area (Å²) >= 11 is 0. The van der Waals surface area contributed by atoms with E-state index in [1.165, 1.54) is 25.7 Å². The molecule has 20 heavy (non-hydrogen) atoms. The predicted octanol–water partition coefficient (Wildman–Crippen LogP) is 4.52. The lowest BCUT2D eigenvalue weighted by atomic mass is 10.1. The van der Waals surface area contributed by atoms with Crippen LogP contribution in [0.15, 0.2) is 18.2 Å². The summed E-state index contributed by atoms with van der Waals surface area (Å²) in [6, 6.07) is 2.94. The molecule has 0 aromatic heterocycles. The predicted molar refractivity (Wildman–Crippen MR) is 74.9 cm³/mol. The molecule has 0 aliphatic heterocycles. The third-order valence-corrected chi connectivity index (χ3v) is 3.11.